The molecule has 6 aromatic carbocycles. The number of rotatable bonds is 6. The third-order valence-corrected chi connectivity index (χ3v) is 11.8. The lowest BCUT2D eigenvalue weighted by molar-refractivity contribution is 0.474. The van der Waals surface area contributed by atoms with Crippen LogP contribution in [0.25, 0.3) is 72.7 Å². The first-order chi connectivity index (χ1) is 27.9. The van der Waals surface area contributed by atoms with Gasteiger partial charge in [0.15, 0.2) is 0 Å². The first kappa shape index (κ1) is 37.3. The van der Waals surface area contributed by atoms with Gasteiger partial charge in [-0.25, -0.2) is 4.98 Å². The summed E-state index contributed by atoms with van der Waals surface area (Å²) >= 11 is 0. The van der Waals surface area contributed by atoms with E-state index in [1.54, 1.807) is 0 Å². The SMILES string of the molecule is CC(C)(C)c1cc(-c2cc(-c3ccccc3)ccn2)cc(-c2cccc3c2nc(-c2cc4c(cc2O)CCCC4)n3-c2ccc(C(C)(C)C)cc2-c2ccccc2)c1. The zero-order valence-electron chi connectivity index (χ0n) is 34.5. The minimum Gasteiger partial charge on any atom is -0.507 e. The van der Waals surface area contributed by atoms with Crippen molar-refractivity contribution in [3.8, 4) is 67.5 Å². The molecule has 1 aliphatic carbocycles. The molecule has 2 aromatic heterocycles. The van der Waals surface area contributed by atoms with Crippen LogP contribution in [0.1, 0.15) is 76.6 Å². The number of benzene rings is 6. The number of aromatic nitrogens is 3. The molecule has 0 aliphatic heterocycles. The number of aromatic hydroxyl groups is 1. The maximum absolute atomic E-state index is 11.9. The van der Waals surface area contributed by atoms with Crippen LogP contribution in [0.3, 0.4) is 0 Å². The lowest BCUT2D eigenvalue weighted by Crippen LogP contribution is -2.12. The van der Waals surface area contributed by atoms with Crippen molar-refractivity contribution < 1.29 is 5.11 Å². The zero-order chi connectivity index (χ0) is 40.2. The molecule has 0 spiro atoms. The van der Waals surface area contributed by atoms with Crippen molar-refractivity contribution in [1.82, 2.24) is 14.5 Å². The van der Waals surface area contributed by atoms with Crippen LogP contribution in [-0.2, 0) is 23.7 Å². The van der Waals surface area contributed by atoms with Crippen LogP contribution in [0.2, 0.25) is 0 Å². The summed E-state index contributed by atoms with van der Waals surface area (Å²) in [4.78, 5) is 10.5. The lowest BCUT2D eigenvalue weighted by Gasteiger charge is -2.23. The van der Waals surface area contributed by atoms with Crippen molar-refractivity contribution in [2.45, 2.75) is 78.1 Å². The molecule has 1 N–H and O–H groups in total. The van der Waals surface area contributed by atoms with E-state index in [0.717, 1.165) is 98.4 Å². The summed E-state index contributed by atoms with van der Waals surface area (Å²) in [7, 11) is 0. The van der Waals surface area contributed by atoms with Gasteiger partial charge in [0.1, 0.15) is 11.6 Å². The van der Waals surface area contributed by atoms with Crippen molar-refractivity contribution >= 4 is 11.0 Å². The number of phenolic OH excluding ortho intramolecular Hbond substituents is 1. The second-order valence-corrected chi connectivity index (χ2v) is 18.0. The number of aryl methyl sites for hydroxylation is 2. The van der Waals surface area contributed by atoms with E-state index < -0.39 is 0 Å². The van der Waals surface area contributed by atoms with Crippen molar-refractivity contribution in [2.75, 3.05) is 0 Å². The number of nitrogens with zero attached hydrogens (tertiary/aromatic N) is 3. The fourth-order valence-corrected chi connectivity index (χ4v) is 8.52. The van der Waals surface area contributed by atoms with Gasteiger partial charge in [-0.3, -0.25) is 9.55 Å². The predicted molar refractivity (Wildman–Crippen MR) is 242 cm³/mol. The lowest BCUT2D eigenvalue weighted by atomic mass is 9.83. The maximum Gasteiger partial charge on any atom is 0.149 e. The van der Waals surface area contributed by atoms with Gasteiger partial charge >= 0.3 is 0 Å². The highest BCUT2D eigenvalue weighted by Gasteiger charge is 2.26. The van der Waals surface area contributed by atoms with Crippen molar-refractivity contribution in [1.29, 1.82) is 0 Å². The van der Waals surface area contributed by atoms with Crippen LogP contribution in [-0.4, -0.2) is 19.6 Å². The Morgan fingerprint density at radius 1 is 0.517 bits per heavy atom. The van der Waals surface area contributed by atoms with Crippen LogP contribution in [0, 0.1) is 0 Å². The number of phenols is 1. The molecule has 8 aromatic rings. The van der Waals surface area contributed by atoms with E-state index in [1.165, 1.54) is 22.3 Å². The Hall–Kier alpha value is -6.26. The van der Waals surface area contributed by atoms with E-state index in [4.69, 9.17) is 9.97 Å². The average Bonchev–Trinajstić information content (AvgIpc) is 3.62. The minimum atomic E-state index is -0.117. The van der Waals surface area contributed by atoms with Crippen LogP contribution in [0.15, 0.2) is 146 Å². The van der Waals surface area contributed by atoms with Crippen molar-refractivity contribution in [3.63, 3.8) is 0 Å². The first-order valence-corrected chi connectivity index (χ1v) is 20.7. The number of fused-ring (bicyclic) bond motifs is 2. The molecule has 0 amide bonds. The zero-order valence-corrected chi connectivity index (χ0v) is 34.5. The highest BCUT2D eigenvalue weighted by Crippen LogP contribution is 2.43. The molecule has 0 radical (unpaired) electrons. The van der Waals surface area contributed by atoms with Gasteiger partial charge in [-0.1, -0.05) is 126 Å². The Morgan fingerprint density at radius 2 is 1.19 bits per heavy atom. The quantitative estimate of drug-likeness (QED) is 0.184. The predicted octanol–water partition coefficient (Wildman–Crippen LogP) is 13.9. The van der Waals surface area contributed by atoms with E-state index in [-0.39, 0.29) is 16.6 Å². The molecule has 0 atom stereocenters. The van der Waals surface area contributed by atoms with Crippen molar-refractivity contribution in [2.24, 2.45) is 0 Å². The second kappa shape index (κ2) is 14.6. The Bertz CT molecular complexity index is 2800. The highest BCUT2D eigenvalue weighted by atomic mass is 16.3. The molecule has 58 heavy (non-hydrogen) atoms. The van der Waals surface area contributed by atoms with E-state index in [1.807, 2.05) is 18.3 Å². The molecule has 0 fully saturated rings. The van der Waals surface area contributed by atoms with Gasteiger partial charge in [0.2, 0.25) is 0 Å². The fourth-order valence-electron chi connectivity index (χ4n) is 8.52. The van der Waals surface area contributed by atoms with E-state index in [2.05, 4.69) is 174 Å². The molecule has 4 nitrogen and oxygen atoms in total. The molecule has 288 valence electrons. The van der Waals surface area contributed by atoms with Gasteiger partial charge in [0.05, 0.1) is 28.0 Å². The minimum absolute atomic E-state index is 0.0446. The van der Waals surface area contributed by atoms with Crippen LogP contribution >= 0.6 is 0 Å². The van der Waals surface area contributed by atoms with E-state index in [0.29, 0.717) is 0 Å². The molecular formula is C54H51N3O. The molecular weight excluding hydrogens is 707 g/mol. The molecule has 4 heteroatoms. The maximum atomic E-state index is 11.9. The van der Waals surface area contributed by atoms with E-state index in [9.17, 15) is 5.11 Å². The monoisotopic (exact) mass is 757 g/mol. The Balaban J connectivity index is 1.32. The van der Waals surface area contributed by atoms with Gasteiger partial charge < -0.3 is 5.11 Å². The number of pyridine rings is 1. The number of hydrogen-bond donors (Lipinski definition) is 1. The van der Waals surface area contributed by atoms with Gasteiger partial charge in [0.25, 0.3) is 0 Å². The second-order valence-electron chi connectivity index (χ2n) is 18.0. The normalized spacial score (nSPS) is 13.1. The molecule has 0 saturated carbocycles. The Labute approximate surface area is 342 Å². The van der Waals surface area contributed by atoms with Gasteiger partial charge in [-0.2, -0.15) is 0 Å². The number of imidazole rings is 1. The summed E-state index contributed by atoms with van der Waals surface area (Å²) in [5, 5.41) is 11.9. The molecule has 0 unspecified atom stereocenters. The van der Waals surface area contributed by atoms with Gasteiger partial charge in [-0.15, -0.1) is 0 Å². The molecule has 2 heterocycles. The fraction of sp³-hybridized carbons (Fsp3) is 0.222. The van der Waals surface area contributed by atoms with Crippen molar-refractivity contribution in [3.05, 3.63) is 168 Å². The van der Waals surface area contributed by atoms with Crippen LogP contribution < -0.4 is 0 Å². The Morgan fingerprint density at radius 3 is 1.90 bits per heavy atom. The summed E-state index contributed by atoms with van der Waals surface area (Å²) in [5.41, 5.74) is 17.2. The number of para-hydroxylation sites is 1. The number of hydrogen-bond acceptors (Lipinski definition) is 3. The standard InChI is InChI=1S/C54H51N3O/c1-53(2,3)42-24-25-48(45(34-42)36-18-11-8-12-19-36)57-49-23-15-22-44(51(49)56-52(57)46-31-37-20-13-14-21-38(37)33-50(46)58)40-28-41(30-43(29-40)54(4,5)6)47-32-39(26-27-55-47)35-16-9-7-10-17-35/h7-12,15-19,22-34,58H,13-14,20-21H2,1-6H3. The third-order valence-electron chi connectivity index (χ3n) is 11.8. The summed E-state index contributed by atoms with van der Waals surface area (Å²) in [6.45, 7) is 13.6. The summed E-state index contributed by atoms with van der Waals surface area (Å²) in [6, 6.07) is 49.9. The smallest absolute Gasteiger partial charge is 0.149 e. The van der Waals surface area contributed by atoms with Gasteiger partial charge in [0, 0.05) is 22.9 Å². The largest absolute Gasteiger partial charge is 0.507 e. The molecule has 1 aliphatic rings. The van der Waals surface area contributed by atoms with Crippen LogP contribution in [0.4, 0.5) is 0 Å². The van der Waals surface area contributed by atoms with E-state index >= 15 is 0 Å². The molecule has 0 saturated heterocycles. The first-order valence-electron chi connectivity index (χ1n) is 20.7. The van der Waals surface area contributed by atoms with Crippen LogP contribution in [0.5, 0.6) is 5.75 Å². The highest BCUT2D eigenvalue weighted by molar-refractivity contribution is 5.98. The average molecular weight is 758 g/mol. The molecule has 9 rings (SSSR count). The summed E-state index contributed by atoms with van der Waals surface area (Å²) < 4.78 is 2.29. The summed E-state index contributed by atoms with van der Waals surface area (Å²) in [6.07, 6.45) is 6.21. The topological polar surface area (TPSA) is 50.9 Å². The summed E-state index contributed by atoms with van der Waals surface area (Å²) in [5.74, 6) is 1.01. The van der Waals surface area contributed by atoms with Gasteiger partial charge in [-0.05, 0) is 136 Å². The third kappa shape index (κ3) is 7.02. The molecule has 0 bridgehead atoms. The Kier molecular flexibility index (Phi) is 9.39.